The number of hydrogen-bond acceptors (Lipinski definition) is 4. The summed E-state index contributed by atoms with van der Waals surface area (Å²) in [6, 6.07) is 8.94. The van der Waals surface area contributed by atoms with Crippen molar-refractivity contribution in [2.24, 2.45) is 5.92 Å². The summed E-state index contributed by atoms with van der Waals surface area (Å²) in [5.74, 6) is 0.0135. The van der Waals surface area contributed by atoms with Crippen molar-refractivity contribution in [2.75, 3.05) is 25.0 Å². The van der Waals surface area contributed by atoms with Crippen LogP contribution in [0.3, 0.4) is 0 Å². The molecule has 5 nitrogen and oxygen atoms in total. The van der Waals surface area contributed by atoms with Crippen molar-refractivity contribution in [3.05, 3.63) is 29.8 Å². The van der Waals surface area contributed by atoms with Crippen molar-refractivity contribution in [3.8, 4) is 6.07 Å². The van der Waals surface area contributed by atoms with Crippen LogP contribution >= 0.6 is 0 Å². The third-order valence-electron chi connectivity index (χ3n) is 3.76. The topological polar surface area (TPSA) is 76.4 Å². The van der Waals surface area contributed by atoms with Crippen LogP contribution in [0, 0.1) is 17.2 Å². The van der Waals surface area contributed by atoms with Gasteiger partial charge in [-0.1, -0.05) is 26.0 Å². The minimum atomic E-state index is -0.676. The molecule has 0 radical (unpaired) electrons. The standard InChI is InChI=1S/C15H19N3O2/c1-11(2)15(20)9-18(10-15)8-14(19)17-13-6-4-3-5-12(13)7-16/h3-6,11,20H,8-10H2,1-2H3,(H,17,19). The smallest absolute Gasteiger partial charge is 0.238 e. The van der Waals surface area contributed by atoms with Gasteiger partial charge in [0.15, 0.2) is 0 Å². The molecule has 1 aromatic rings. The van der Waals surface area contributed by atoms with Gasteiger partial charge in [0.2, 0.25) is 5.91 Å². The number of β-amino-alcohol motifs (C(OH)–C–C–N with tert-alkyl or cyclic N) is 1. The highest BCUT2D eigenvalue weighted by molar-refractivity contribution is 5.93. The van der Waals surface area contributed by atoms with Crippen LogP contribution in [0.15, 0.2) is 24.3 Å². The Hall–Kier alpha value is -1.90. The molecular formula is C15H19N3O2. The van der Waals surface area contributed by atoms with Crippen molar-refractivity contribution in [1.82, 2.24) is 4.90 Å². The maximum absolute atomic E-state index is 11.9. The molecule has 106 valence electrons. The zero-order chi connectivity index (χ0) is 14.8. The Morgan fingerprint density at radius 3 is 2.75 bits per heavy atom. The molecule has 2 rings (SSSR count). The van der Waals surface area contributed by atoms with E-state index in [1.165, 1.54) is 0 Å². The van der Waals surface area contributed by atoms with Crippen molar-refractivity contribution in [3.63, 3.8) is 0 Å². The summed E-state index contributed by atoms with van der Waals surface area (Å²) < 4.78 is 0. The quantitative estimate of drug-likeness (QED) is 0.864. The van der Waals surface area contributed by atoms with Gasteiger partial charge in [-0.15, -0.1) is 0 Å². The minimum Gasteiger partial charge on any atom is -0.387 e. The van der Waals surface area contributed by atoms with E-state index in [1.54, 1.807) is 24.3 Å². The van der Waals surface area contributed by atoms with Gasteiger partial charge < -0.3 is 10.4 Å². The van der Waals surface area contributed by atoms with E-state index in [0.717, 1.165) is 0 Å². The van der Waals surface area contributed by atoms with Gasteiger partial charge in [-0.3, -0.25) is 9.69 Å². The Morgan fingerprint density at radius 1 is 1.50 bits per heavy atom. The maximum atomic E-state index is 11.9. The fourth-order valence-corrected chi connectivity index (χ4v) is 2.29. The molecule has 1 fully saturated rings. The van der Waals surface area contributed by atoms with E-state index in [2.05, 4.69) is 5.32 Å². The number of nitrogens with zero attached hydrogens (tertiary/aromatic N) is 2. The molecule has 0 aliphatic carbocycles. The van der Waals surface area contributed by atoms with E-state index in [0.29, 0.717) is 24.3 Å². The number of carbonyl (C=O) groups is 1. The van der Waals surface area contributed by atoms with Crippen LogP contribution in [-0.2, 0) is 4.79 Å². The summed E-state index contributed by atoms with van der Waals surface area (Å²) in [7, 11) is 0. The first kappa shape index (κ1) is 14.5. The summed E-state index contributed by atoms with van der Waals surface area (Å²) in [5.41, 5.74) is 0.299. The fourth-order valence-electron chi connectivity index (χ4n) is 2.29. The Balaban J connectivity index is 1.88. The fraction of sp³-hybridized carbons (Fsp3) is 0.467. The number of anilines is 1. The Morgan fingerprint density at radius 2 is 2.15 bits per heavy atom. The van der Waals surface area contributed by atoms with Crippen molar-refractivity contribution >= 4 is 11.6 Å². The van der Waals surface area contributed by atoms with Crippen molar-refractivity contribution < 1.29 is 9.90 Å². The SMILES string of the molecule is CC(C)C1(O)CN(CC(=O)Nc2ccccc2C#N)C1. The van der Waals surface area contributed by atoms with E-state index in [4.69, 9.17) is 5.26 Å². The Bertz CT molecular complexity index is 542. The predicted octanol–water partition coefficient (Wildman–Crippen LogP) is 1.20. The highest BCUT2D eigenvalue weighted by Gasteiger charge is 2.43. The number of rotatable bonds is 4. The Labute approximate surface area is 118 Å². The molecule has 1 aliphatic heterocycles. The van der Waals surface area contributed by atoms with Gasteiger partial charge in [0.1, 0.15) is 6.07 Å². The summed E-state index contributed by atoms with van der Waals surface area (Å²) in [4.78, 5) is 13.8. The molecule has 20 heavy (non-hydrogen) atoms. The van der Waals surface area contributed by atoms with Gasteiger partial charge >= 0.3 is 0 Å². The third kappa shape index (κ3) is 2.98. The lowest BCUT2D eigenvalue weighted by Crippen LogP contribution is -2.65. The predicted molar refractivity (Wildman–Crippen MR) is 76.0 cm³/mol. The first-order valence-electron chi connectivity index (χ1n) is 6.68. The van der Waals surface area contributed by atoms with E-state index >= 15 is 0 Å². The van der Waals surface area contributed by atoms with Crippen LogP contribution in [-0.4, -0.2) is 41.1 Å². The van der Waals surface area contributed by atoms with Gasteiger partial charge in [0.25, 0.3) is 0 Å². The second-order valence-corrected chi connectivity index (χ2v) is 5.61. The zero-order valence-corrected chi connectivity index (χ0v) is 11.8. The molecule has 0 bridgehead atoms. The number of benzene rings is 1. The van der Waals surface area contributed by atoms with Crippen molar-refractivity contribution in [2.45, 2.75) is 19.4 Å². The van der Waals surface area contributed by atoms with E-state index < -0.39 is 5.60 Å². The zero-order valence-electron chi connectivity index (χ0n) is 11.8. The summed E-state index contributed by atoms with van der Waals surface area (Å²) >= 11 is 0. The number of likely N-dealkylation sites (tertiary alicyclic amines) is 1. The highest BCUT2D eigenvalue weighted by Crippen LogP contribution is 2.28. The minimum absolute atomic E-state index is 0.168. The average Bonchev–Trinajstić information content (AvgIpc) is 2.37. The van der Waals surface area contributed by atoms with Crippen LogP contribution in [0.5, 0.6) is 0 Å². The lowest BCUT2D eigenvalue weighted by Gasteiger charge is -2.48. The van der Waals surface area contributed by atoms with Gasteiger partial charge in [-0.2, -0.15) is 5.26 Å². The molecular weight excluding hydrogens is 254 g/mol. The molecule has 0 aromatic heterocycles. The molecule has 1 aromatic carbocycles. The molecule has 1 heterocycles. The maximum Gasteiger partial charge on any atom is 0.238 e. The number of aliphatic hydroxyl groups is 1. The number of para-hydroxylation sites is 1. The van der Waals surface area contributed by atoms with Crippen LogP contribution in [0.4, 0.5) is 5.69 Å². The summed E-state index contributed by atoms with van der Waals surface area (Å²) in [5, 5.41) is 21.8. The number of carbonyl (C=O) groups excluding carboxylic acids is 1. The first-order valence-corrected chi connectivity index (χ1v) is 6.68. The van der Waals surface area contributed by atoms with Gasteiger partial charge in [0.05, 0.1) is 23.4 Å². The number of nitriles is 1. The molecule has 2 N–H and O–H groups in total. The Kier molecular flexibility index (Phi) is 4.07. The summed E-state index contributed by atoms with van der Waals surface area (Å²) in [6.45, 7) is 5.20. The molecule has 0 unspecified atom stereocenters. The molecule has 1 aliphatic rings. The van der Waals surface area contributed by atoms with Gasteiger partial charge in [-0.05, 0) is 18.1 Å². The number of amides is 1. The van der Waals surface area contributed by atoms with Gasteiger partial charge in [-0.25, -0.2) is 0 Å². The van der Waals surface area contributed by atoms with Crippen LogP contribution < -0.4 is 5.32 Å². The van der Waals surface area contributed by atoms with E-state index in [1.807, 2.05) is 24.8 Å². The average molecular weight is 273 g/mol. The lowest BCUT2D eigenvalue weighted by molar-refractivity contribution is -0.139. The normalized spacial score (nSPS) is 17.4. The van der Waals surface area contributed by atoms with E-state index in [-0.39, 0.29) is 18.4 Å². The number of nitrogens with one attached hydrogen (secondary N) is 1. The monoisotopic (exact) mass is 273 g/mol. The van der Waals surface area contributed by atoms with Gasteiger partial charge in [0, 0.05) is 13.1 Å². The third-order valence-corrected chi connectivity index (χ3v) is 3.76. The molecule has 0 saturated carbocycles. The van der Waals surface area contributed by atoms with Crippen LogP contribution in [0.25, 0.3) is 0 Å². The first-order chi connectivity index (χ1) is 9.44. The molecule has 1 saturated heterocycles. The summed E-state index contributed by atoms with van der Waals surface area (Å²) in [6.07, 6.45) is 0. The van der Waals surface area contributed by atoms with E-state index in [9.17, 15) is 9.90 Å². The second kappa shape index (κ2) is 5.61. The highest BCUT2D eigenvalue weighted by atomic mass is 16.3. The molecule has 1 amide bonds. The van der Waals surface area contributed by atoms with Crippen molar-refractivity contribution in [1.29, 1.82) is 5.26 Å². The number of hydrogen-bond donors (Lipinski definition) is 2. The van der Waals surface area contributed by atoms with Crippen LogP contribution in [0.1, 0.15) is 19.4 Å². The molecule has 0 atom stereocenters. The van der Waals surface area contributed by atoms with Crippen LogP contribution in [0.2, 0.25) is 0 Å². The second-order valence-electron chi connectivity index (χ2n) is 5.61. The molecule has 5 heteroatoms. The molecule has 0 spiro atoms. The largest absolute Gasteiger partial charge is 0.387 e. The lowest BCUT2D eigenvalue weighted by atomic mass is 9.83.